The topological polar surface area (TPSA) is 41.6 Å². The number of carbonyl (C=O) groups is 1. The van der Waals surface area contributed by atoms with Gasteiger partial charge in [0.05, 0.1) is 6.04 Å². The maximum atomic E-state index is 12.7. The van der Waals surface area contributed by atoms with Gasteiger partial charge in [-0.25, -0.2) is 0 Å². The van der Waals surface area contributed by atoms with Crippen LogP contribution in [-0.2, 0) is 17.6 Å². The highest BCUT2D eigenvalue weighted by Crippen LogP contribution is 2.27. The van der Waals surface area contributed by atoms with E-state index in [9.17, 15) is 4.79 Å². The van der Waals surface area contributed by atoms with Crippen molar-refractivity contribution in [3.8, 4) is 5.75 Å². The highest BCUT2D eigenvalue weighted by Gasteiger charge is 2.20. The van der Waals surface area contributed by atoms with Gasteiger partial charge < -0.3 is 15.0 Å². The molecule has 4 heteroatoms. The number of benzene rings is 2. The zero-order valence-corrected chi connectivity index (χ0v) is 19.2. The fourth-order valence-corrected chi connectivity index (χ4v) is 4.70. The van der Waals surface area contributed by atoms with Gasteiger partial charge in [-0.2, -0.15) is 0 Å². The first-order valence-electron chi connectivity index (χ1n) is 11.9. The molecule has 0 radical (unpaired) electrons. The zero-order chi connectivity index (χ0) is 21.8. The fourth-order valence-electron chi connectivity index (χ4n) is 4.70. The summed E-state index contributed by atoms with van der Waals surface area (Å²) in [6.07, 6.45) is 6.75. The predicted molar refractivity (Wildman–Crippen MR) is 127 cm³/mol. The molecule has 4 nitrogen and oxygen atoms in total. The Morgan fingerprint density at radius 2 is 1.68 bits per heavy atom. The quantitative estimate of drug-likeness (QED) is 0.676. The van der Waals surface area contributed by atoms with Gasteiger partial charge in [-0.05, 0) is 99.2 Å². The second-order valence-electron chi connectivity index (χ2n) is 9.39. The zero-order valence-electron chi connectivity index (χ0n) is 19.2. The van der Waals surface area contributed by atoms with Crippen LogP contribution in [0.15, 0.2) is 42.5 Å². The third-order valence-electron chi connectivity index (χ3n) is 6.90. The number of anilines is 1. The van der Waals surface area contributed by atoms with Crippen molar-refractivity contribution in [3.05, 3.63) is 59.2 Å². The third kappa shape index (κ3) is 5.41. The lowest BCUT2D eigenvalue weighted by Crippen LogP contribution is -2.37. The van der Waals surface area contributed by atoms with Gasteiger partial charge in [0, 0.05) is 18.8 Å². The van der Waals surface area contributed by atoms with E-state index in [2.05, 4.69) is 53.5 Å². The summed E-state index contributed by atoms with van der Waals surface area (Å²) in [5.74, 6) is 1.53. The molecule has 0 spiro atoms. The lowest BCUT2D eigenvalue weighted by Gasteiger charge is -2.32. The first kappa shape index (κ1) is 21.7. The molecule has 2 unspecified atom stereocenters. The Balaban J connectivity index is 1.31. The molecule has 0 saturated carbocycles. The van der Waals surface area contributed by atoms with Crippen LogP contribution in [0.25, 0.3) is 0 Å². The minimum Gasteiger partial charge on any atom is -0.481 e. The van der Waals surface area contributed by atoms with Crippen molar-refractivity contribution < 1.29 is 9.53 Å². The van der Waals surface area contributed by atoms with Gasteiger partial charge in [-0.15, -0.1) is 0 Å². The summed E-state index contributed by atoms with van der Waals surface area (Å²) >= 11 is 0. The number of ether oxygens (including phenoxy) is 1. The van der Waals surface area contributed by atoms with Crippen molar-refractivity contribution in [3.63, 3.8) is 0 Å². The van der Waals surface area contributed by atoms with Crippen molar-refractivity contribution in [2.75, 3.05) is 18.0 Å². The first-order chi connectivity index (χ1) is 15.0. The van der Waals surface area contributed by atoms with E-state index in [0.717, 1.165) is 43.2 Å². The predicted octanol–water partition coefficient (Wildman–Crippen LogP) is 5.45. The molecule has 2 aromatic carbocycles. The van der Waals surface area contributed by atoms with Gasteiger partial charge >= 0.3 is 0 Å². The minimum atomic E-state index is -0.529. The van der Waals surface area contributed by atoms with E-state index in [0.29, 0.717) is 0 Å². The standard InChI is InChI=1S/C27H36N2O2/c1-19-14-16-29(17-15-19)25-11-8-22(9-12-25)20(2)28-27(30)21(3)31-26-13-10-23-6-4-5-7-24(23)18-26/h8-13,18-21H,4-7,14-17H2,1-3H3,(H,28,30). The average molecular weight is 421 g/mol. The minimum absolute atomic E-state index is 0.0579. The number of nitrogens with zero attached hydrogens (tertiary/aromatic N) is 1. The summed E-state index contributed by atoms with van der Waals surface area (Å²) in [4.78, 5) is 15.2. The first-order valence-corrected chi connectivity index (χ1v) is 11.9. The van der Waals surface area contributed by atoms with E-state index in [1.165, 1.54) is 42.5 Å². The molecule has 1 fully saturated rings. The van der Waals surface area contributed by atoms with E-state index >= 15 is 0 Å². The summed E-state index contributed by atoms with van der Waals surface area (Å²) in [6.45, 7) is 8.44. The van der Waals surface area contributed by atoms with Crippen LogP contribution in [0.3, 0.4) is 0 Å². The van der Waals surface area contributed by atoms with Crippen molar-refractivity contribution in [1.29, 1.82) is 0 Å². The number of hydrogen-bond acceptors (Lipinski definition) is 3. The molecule has 2 aliphatic rings. The number of aryl methyl sites for hydroxylation is 2. The molecule has 1 amide bonds. The lowest BCUT2D eigenvalue weighted by atomic mass is 9.92. The summed E-state index contributed by atoms with van der Waals surface area (Å²) in [5, 5.41) is 3.11. The highest BCUT2D eigenvalue weighted by molar-refractivity contribution is 5.81. The highest BCUT2D eigenvalue weighted by atomic mass is 16.5. The van der Waals surface area contributed by atoms with Crippen molar-refractivity contribution in [2.45, 2.75) is 71.4 Å². The van der Waals surface area contributed by atoms with Gasteiger partial charge in [0.25, 0.3) is 5.91 Å². The van der Waals surface area contributed by atoms with Gasteiger partial charge in [0.1, 0.15) is 5.75 Å². The largest absolute Gasteiger partial charge is 0.481 e. The maximum Gasteiger partial charge on any atom is 0.261 e. The van der Waals surface area contributed by atoms with Crippen LogP contribution >= 0.6 is 0 Å². The van der Waals surface area contributed by atoms with Crippen molar-refractivity contribution >= 4 is 11.6 Å². The van der Waals surface area contributed by atoms with E-state index in [1.54, 1.807) is 0 Å². The van der Waals surface area contributed by atoms with E-state index in [4.69, 9.17) is 4.74 Å². The number of amides is 1. The molecular weight excluding hydrogens is 384 g/mol. The number of fused-ring (bicyclic) bond motifs is 1. The molecule has 1 saturated heterocycles. The smallest absolute Gasteiger partial charge is 0.261 e. The van der Waals surface area contributed by atoms with Gasteiger partial charge in [0.15, 0.2) is 6.10 Å². The van der Waals surface area contributed by atoms with E-state index in [1.807, 2.05) is 19.9 Å². The van der Waals surface area contributed by atoms with Gasteiger partial charge in [-0.1, -0.05) is 25.1 Å². The van der Waals surface area contributed by atoms with Crippen LogP contribution in [0.1, 0.15) is 69.2 Å². The average Bonchev–Trinajstić information content (AvgIpc) is 2.79. The molecule has 0 bridgehead atoms. The number of nitrogens with one attached hydrogen (secondary N) is 1. The fraction of sp³-hybridized carbons (Fsp3) is 0.519. The third-order valence-corrected chi connectivity index (χ3v) is 6.90. The number of piperidine rings is 1. The Morgan fingerprint density at radius 3 is 2.39 bits per heavy atom. The van der Waals surface area contributed by atoms with Crippen LogP contribution in [0.5, 0.6) is 5.75 Å². The lowest BCUT2D eigenvalue weighted by molar-refractivity contribution is -0.127. The van der Waals surface area contributed by atoms with Gasteiger partial charge in [0.2, 0.25) is 0 Å². The molecule has 0 aromatic heterocycles. The molecule has 166 valence electrons. The van der Waals surface area contributed by atoms with Crippen molar-refractivity contribution in [1.82, 2.24) is 5.32 Å². The van der Waals surface area contributed by atoms with Crippen LogP contribution in [0.2, 0.25) is 0 Å². The second kappa shape index (κ2) is 9.76. The Labute approximate surface area is 187 Å². The van der Waals surface area contributed by atoms with Crippen LogP contribution in [0, 0.1) is 5.92 Å². The molecule has 1 aliphatic carbocycles. The van der Waals surface area contributed by atoms with E-state index in [-0.39, 0.29) is 11.9 Å². The number of rotatable bonds is 6. The maximum absolute atomic E-state index is 12.7. The molecular formula is C27H36N2O2. The molecule has 2 aromatic rings. The van der Waals surface area contributed by atoms with Crippen molar-refractivity contribution in [2.24, 2.45) is 5.92 Å². The normalized spacial score (nSPS) is 18.7. The van der Waals surface area contributed by atoms with Crippen LogP contribution in [0.4, 0.5) is 5.69 Å². The Bertz CT molecular complexity index is 885. The summed E-state index contributed by atoms with van der Waals surface area (Å²) < 4.78 is 5.97. The number of carbonyl (C=O) groups excluding carboxylic acids is 1. The molecule has 1 N–H and O–H groups in total. The molecule has 1 aliphatic heterocycles. The summed E-state index contributed by atoms with van der Waals surface area (Å²) in [5.41, 5.74) is 5.18. The SMILES string of the molecule is CC1CCN(c2ccc(C(C)NC(=O)C(C)Oc3ccc4c(c3)CCCC4)cc2)CC1. The Morgan fingerprint density at radius 1 is 1.00 bits per heavy atom. The summed E-state index contributed by atoms with van der Waals surface area (Å²) in [7, 11) is 0. The Kier molecular flexibility index (Phi) is 6.84. The Hall–Kier alpha value is -2.49. The second-order valence-corrected chi connectivity index (χ2v) is 9.39. The molecule has 4 rings (SSSR count). The van der Waals surface area contributed by atoms with Crippen LogP contribution in [-0.4, -0.2) is 25.1 Å². The monoisotopic (exact) mass is 420 g/mol. The number of hydrogen-bond donors (Lipinski definition) is 1. The summed E-state index contributed by atoms with van der Waals surface area (Å²) in [6, 6.07) is 14.8. The van der Waals surface area contributed by atoms with Gasteiger partial charge in [-0.3, -0.25) is 4.79 Å². The van der Waals surface area contributed by atoms with Crippen LogP contribution < -0.4 is 15.0 Å². The molecule has 2 atom stereocenters. The molecule has 31 heavy (non-hydrogen) atoms. The molecule has 1 heterocycles. The van der Waals surface area contributed by atoms with E-state index < -0.39 is 6.10 Å².